The largest absolute Gasteiger partial charge is 0.356 e. The summed E-state index contributed by atoms with van der Waals surface area (Å²) in [7, 11) is -1.24. The van der Waals surface area contributed by atoms with Gasteiger partial charge in [-0.1, -0.05) is 43.7 Å². The topological polar surface area (TPSA) is 65.0 Å². The lowest BCUT2D eigenvalue weighted by Gasteiger charge is -2.40. The molecule has 3 unspecified atom stereocenters. The molecule has 1 aromatic carbocycles. The first-order valence-corrected chi connectivity index (χ1v) is 12.2. The maximum atomic E-state index is 11.7. The number of nitrogens with zero attached hydrogens (tertiary/aromatic N) is 3. The third kappa shape index (κ3) is 6.30. The standard InChI is InChI=1S/C21H34N4O2S.HI/c1-4-18-16-24(12-11-20(18)19-8-6-5-7-9-19)21(22-2)23-14-17-10-13-25(15-17)28(3,26)27;/h5-9,17-18,20H,4,10-16H2,1-3H3,(H,22,23);1H. The third-order valence-electron chi connectivity index (χ3n) is 6.26. The number of likely N-dealkylation sites (tertiary alicyclic amines) is 1. The normalized spacial score (nSPS) is 26.2. The summed E-state index contributed by atoms with van der Waals surface area (Å²) in [6.07, 6.45) is 4.49. The number of rotatable bonds is 5. The fourth-order valence-corrected chi connectivity index (χ4v) is 5.53. The third-order valence-corrected chi connectivity index (χ3v) is 7.53. The number of benzene rings is 1. The van der Waals surface area contributed by atoms with E-state index in [-0.39, 0.29) is 24.0 Å². The van der Waals surface area contributed by atoms with Crippen LogP contribution in [0.1, 0.15) is 37.7 Å². The molecule has 0 radical (unpaired) electrons. The first kappa shape index (κ1) is 24.4. The van der Waals surface area contributed by atoms with Crippen LogP contribution in [0.2, 0.25) is 0 Å². The lowest BCUT2D eigenvalue weighted by Crippen LogP contribution is -2.49. The predicted octanol–water partition coefficient (Wildman–Crippen LogP) is 2.98. The zero-order chi connectivity index (χ0) is 20.1. The van der Waals surface area contributed by atoms with E-state index < -0.39 is 10.0 Å². The van der Waals surface area contributed by atoms with Crippen LogP contribution in [-0.2, 0) is 10.0 Å². The average Bonchev–Trinajstić information content (AvgIpc) is 3.18. The minimum Gasteiger partial charge on any atom is -0.356 e. The predicted molar refractivity (Wildman–Crippen MR) is 130 cm³/mol. The Morgan fingerprint density at radius 2 is 1.90 bits per heavy atom. The molecule has 6 nitrogen and oxygen atoms in total. The van der Waals surface area contributed by atoms with Gasteiger partial charge < -0.3 is 10.2 Å². The molecule has 2 saturated heterocycles. The molecule has 2 heterocycles. The van der Waals surface area contributed by atoms with Crippen molar-refractivity contribution in [1.82, 2.24) is 14.5 Å². The summed E-state index contributed by atoms with van der Waals surface area (Å²) in [5.74, 6) is 2.51. The second-order valence-corrected chi connectivity index (χ2v) is 10.1. The molecule has 0 amide bonds. The molecular weight excluding hydrogens is 499 g/mol. The highest BCUT2D eigenvalue weighted by atomic mass is 127. The van der Waals surface area contributed by atoms with Gasteiger partial charge in [-0.05, 0) is 36.2 Å². The fourth-order valence-electron chi connectivity index (χ4n) is 4.61. The smallest absolute Gasteiger partial charge is 0.211 e. The van der Waals surface area contributed by atoms with E-state index in [1.807, 2.05) is 7.05 Å². The molecule has 0 aromatic heterocycles. The summed E-state index contributed by atoms with van der Waals surface area (Å²) >= 11 is 0. The Hall–Kier alpha value is -0.870. The molecule has 2 aliphatic rings. The van der Waals surface area contributed by atoms with Crippen molar-refractivity contribution in [3.05, 3.63) is 35.9 Å². The molecule has 1 aromatic rings. The molecule has 0 bridgehead atoms. The van der Waals surface area contributed by atoms with Crippen LogP contribution in [0.5, 0.6) is 0 Å². The van der Waals surface area contributed by atoms with E-state index in [9.17, 15) is 8.42 Å². The van der Waals surface area contributed by atoms with E-state index in [4.69, 9.17) is 0 Å². The van der Waals surface area contributed by atoms with Crippen molar-refractivity contribution in [2.24, 2.45) is 16.8 Å². The van der Waals surface area contributed by atoms with E-state index in [2.05, 4.69) is 52.5 Å². The van der Waals surface area contributed by atoms with E-state index in [0.717, 1.165) is 44.9 Å². The molecule has 2 aliphatic heterocycles. The van der Waals surface area contributed by atoms with Crippen molar-refractivity contribution in [3.8, 4) is 0 Å². The van der Waals surface area contributed by atoms with Crippen LogP contribution in [0.4, 0.5) is 0 Å². The Morgan fingerprint density at radius 1 is 1.17 bits per heavy atom. The van der Waals surface area contributed by atoms with Gasteiger partial charge in [0.2, 0.25) is 10.0 Å². The quantitative estimate of drug-likeness (QED) is 0.359. The number of guanidine groups is 1. The number of nitrogens with one attached hydrogen (secondary N) is 1. The molecule has 0 saturated carbocycles. The van der Waals surface area contributed by atoms with Crippen LogP contribution in [-0.4, -0.2) is 69.6 Å². The van der Waals surface area contributed by atoms with Crippen molar-refractivity contribution in [2.45, 2.75) is 32.1 Å². The molecule has 0 spiro atoms. The van der Waals surface area contributed by atoms with Gasteiger partial charge in [-0.15, -0.1) is 24.0 Å². The SMILES string of the molecule is CCC1CN(C(=NC)NCC2CCN(S(C)(=O)=O)C2)CCC1c1ccccc1.I. The van der Waals surface area contributed by atoms with Crippen molar-refractivity contribution < 1.29 is 8.42 Å². The molecule has 0 aliphatic carbocycles. The number of piperidine rings is 1. The minimum atomic E-state index is -3.08. The summed E-state index contributed by atoms with van der Waals surface area (Å²) in [6.45, 7) is 6.29. The van der Waals surface area contributed by atoms with Crippen molar-refractivity contribution in [3.63, 3.8) is 0 Å². The van der Waals surface area contributed by atoms with E-state index in [1.54, 1.807) is 4.31 Å². The van der Waals surface area contributed by atoms with Gasteiger partial charge in [0.05, 0.1) is 6.26 Å². The van der Waals surface area contributed by atoms with Gasteiger partial charge >= 0.3 is 0 Å². The second-order valence-electron chi connectivity index (χ2n) is 8.12. The van der Waals surface area contributed by atoms with Crippen LogP contribution < -0.4 is 5.32 Å². The van der Waals surface area contributed by atoms with Crippen molar-refractivity contribution >= 4 is 40.0 Å². The first-order chi connectivity index (χ1) is 13.4. The van der Waals surface area contributed by atoms with Crippen molar-refractivity contribution in [2.75, 3.05) is 46.0 Å². The first-order valence-electron chi connectivity index (χ1n) is 10.4. The molecule has 29 heavy (non-hydrogen) atoms. The van der Waals surface area contributed by atoms with Gasteiger partial charge in [-0.3, -0.25) is 4.99 Å². The summed E-state index contributed by atoms with van der Waals surface area (Å²) in [4.78, 5) is 6.88. The molecule has 8 heteroatoms. The highest BCUT2D eigenvalue weighted by molar-refractivity contribution is 14.0. The van der Waals surface area contributed by atoms with E-state index >= 15 is 0 Å². The molecule has 1 N–H and O–H groups in total. The highest BCUT2D eigenvalue weighted by Crippen LogP contribution is 2.34. The Bertz CT molecular complexity index is 772. The summed E-state index contributed by atoms with van der Waals surface area (Å²) < 4.78 is 25.0. The fraction of sp³-hybridized carbons (Fsp3) is 0.667. The second kappa shape index (κ2) is 10.9. The van der Waals surface area contributed by atoms with Gasteiger partial charge in [-0.25, -0.2) is 12.7 Å². The maximum Gasteiger partial charge on any atom is 0.211 e. The summed E-state index contributed by atoms with van der Waals surface area (Å²) in [6, 6.07) is 10.9. The van der Waals surface area contributed by atoms with Gasteiger partial charge in [0.1, 0.15) is 0 Å². The number of hydrogen-bond donors (Lipinski definition) is 1. The lowest BCUT2D eigenvalue weighted by atomic mass is 9.79. The van der Waals surface area contributed by atoms with Gasteiger partial charge in [0.25, 0.3) is 0 Å². The molecule has 164 valence electrons. The van der Waals surface area contributed by atoms with E-state index in [0.29, 0.717) is 30.8 Å². The number of sulfonamides is 1. The Kier molecular flexibility index (Phi) is 9.21. The van der Waals surface area contributed by atoms with Crippen LogP contribution in [0.15, 0.2) is 35.3 Å². The van der Waals surface area contributed by atoms with Crippen LogP contribution >= 0.6 is 24.0 Å². The number of halogens is 1. The Morgan fingerprint density at radius 3 is 2.48 bits per heavy atom. The molecule has 3 rings (SSSR count). The molecule has 3 atom stereocenters. The molecular formula is C21H35IN4O2S. The number of aliphatic imine (C=N–C) groups is 1. The zero-order valence-corrected chi connectivity index (χ0v) is 20.9. The monoisotopic (exact) mass is 534 g/mol. The maximum absolute atomic E-state index is 11.7. The van der Waals surface area contributed by atoms with Gasteiger partial charge in [-0.2, -0.15) is 0 Å². The summed E-state index contributed by atoms with van der Waals surface area (Å²) in [5, 5.41) is 3.51. The highest BCUT2D eigenvalue weighted by Gasteiger charge is 2.32. The average molecular weight is 535 g/mol. The zero-order valence-electron chi connectivity index (χ0n) is 17.8. The Labute approximate surface area is 193 Å². The van der Waals surface area contributed by atoms with Crippen LogP contribution in [0, 0.1) is 11.8 Å². The number of hydrogen-bond acceptors (Lipinski definition) is 3. The van der Waals surface area contributed by atoms with Gasteiger partial charge in [0, 0.05) is 39.8 Å². The molecule has 2 fully saturated rings. The lowest BCUT2D eigenvalue weighted by molar-refractivity contribution is 0.215. The van der Waals surface area contributed by atoms with Crippen molar-refractivity contribution in [1.29, 1.82) is 0 Å². The summed E-state index contributed by atoms with van der Waals surface area (Å²) in [5.41, 5.74) is 1.45. The Balaban J connectivity index is 0.00000300. The van der Waals surface area contributed by atoms with E-state index in [1.165, 1.54) is 11.8 Å². The van der Waals surface area contributed by atoms with Crippen LogP contribution in [0.25, 0.3) is 0 Å². The minimum absolute atomic E-state index is 0. The van der Waals surface area contributed by atoms with Gasteiger partial charge in [0.15, 0.2) is 5.96 Å². The van der Waals surface area contributed by atoms with Crippen LogP contribution in [0.3, 0.4) is 0 Å².